The van der Waals surface area contributed by atoms with Gasteiger partial charge in [0.1, 0.15) is 11.3 Å². The van der Waals surface area contributed by atoms with Gasteiger partial charge in [-0.3, -0.25) is 9.20 Å². The lowest BCUT2D eigenvalue weighted by atomic mass is 9.98. The first kappa shape index (κ1) is 23.4. The second-order valence-electron chi connectivity index (χ2n) is 8.97. The minimum atomic E-state index is -0.187. The first-order valence-electron chi connectivity index (χ1n) is 11.9. The number of rotatable bonds is 4. The summed E-state index contributed by atoms with van der Waals surface area (Å²) in [7, 11) is 0. The molecular formula is C29H22BrCl2N3O. The highest BCUT2D eigenvalue weighted by Gasteiger charge is 2.29. The molecule has 5 aromatic rings. The summed E-state index contributed by atoms with van der Waals surface area (Å²) in [5, 5.41) is 3.91. The fourth-order valence-electron chi connectivity index (χ4n) is 5.14. The van der Waals surface area contributed by atoms with Gasteiger partial charge in [0.25, 0.3) is 5.91 Å². The van der Waals surface area contributed by atoms with Crippen LogP contribution in [0.2, 0.25) is 10.0 Å². The Hall–Kier alpha value is -2.99. The van der Waals surface area contributed by atoms with Gasteiger partial charge in [-0.25, -0.2) is 0 Å². The predicted octanol–water partition coefficient (Wildman–Crippen LogP) is 8.73. The van der Waals surface area contributed by atoms with Crippen molar-refractivity contribution in [2.24, 2.45) is 0 Å². The molecule has 0 aliphatic carbocycles. The molecule has 0 atom stereocenters. The van der Waals surface area contributed by atoms with Gasteiger partial charge < -0.3 is 9.88 Å². The van der Waals surface area contributed by atoms with Gasteiger partial charge in [-0.1, -0.05) is 81.6 Å². The average molecular weight is 579 g/mol. The van der Waals surface area contributed by atoms with Crippen LogP contribution in [0.4, 0.5) is 5.69 Å². The summed E-state index contributed by atoms with van der Waals surface area (Å²) >= 11 is 15.9. The van der Waals surface area contributed by atoms with Gasteiger partial charge >= 0.3 is 0 Å². The number of anilines is 1. The molecule has 1 aliphatic rings. The lowest BCUT2D eigenvalue weighted by molar-refractivity contribution is 0.102. The monoisotopic (exact) mass is 577 g/mol. The molecule has 3 aromatic carbocycles. The number of imidazole rings is 1. The Morgan fingerprint density at radius 3 is 2.42 bits per heavy atom. The zero-order valence-corrected chi connectivity index (χ0v) is 22.4. The first-order valence-corrected chi connectivity index (χ1v) is 13.4. The van der Waals surface area contributed by atoms with Crippen molar-refractivity contribution in [2.45, 2.75) is 25.8 Å². The lowest BCUT2D eigenvalue weighted by Crippen LogP contribution is -2.15. The van der Waals surface area contributed by atoms with E-state index in [1.165, 1.54) is 5.56 Å². The van der Waals surface area contributed by atoms with Crippen LogP contribution in [0.5, 0.6) is 0 Å². The highest BCUT2D eigenvalue weighted by atomic mass is 79.9. The smallest absolute Gasteiger partial charge is 0.273 e. The van der Waals surface area contributed by atoms with Crippen LogP contribution in [0.25, 0.3) is 28.0 Å². The molecule has 1 amide bonds. The Kier molecular flexibility index (Phi) is 6.16. The quantitative estimate of drug-likeness (QED) is 0.227. The molecule has 0 saturated carbocycles. The number of halogens is 3. The number of nitrogens with zero attached hydrogens (tertiary/aromatic N) is 2. The number of carbonyl (C=O) groups is 1. The summed E-state index contributed by atoms with van der Waals surface area (Å²) in [6.45, 7) is 0.904. The first-order chi connectivity index (χ1) is 17.5. The molecule has 6 rings (SSSR count). The van der Waals surface area contributed by atoms with E-state index in [1.54, 1.807) is 18.2 Å². The second-order valence-corrected chi connectivity index (χ2v) is 10.7. The van der Waals surface area contributed by atoms with Crippen LogP contribution in [-0.4, -0.2) is 14.9 Å². The number of hydrogen-bond donors (Lipinski definition) is 1. The van der Waals surface area contributed by atoms with Gasteiger partial charge in [-0.2, -0.15) is 0 Å². The maximum Gasteiger partial charge on any atom is 0.273 e. The Labute approximate surface area is 227 Å². The topological polar surface area (TPSA) is 38.4 Å². The third kappa shape index (κ3) is 4.05. The number of hydrogen-bond acceptors (Lipinski definition) is 1. The largest absolute Gasteiger partial charge is 0.325 e. The molecule has 0 saturated heterocycles. The van der Waals surface area contributed by atoms with Crippen molar-refractivity contribution >= 4 is 56.4 Å². The molecule has 0 spiro atoms. The van der Waals surface area contributed by atoms with Crippen molar-refractivity contribution in [1.29, 1.82) is 0 Å². The molecule has 180 valence electrons. The zero-order chi connectivity index (χ0) is 24.8. The molecule has 3 heterocycles. The maximum absolute atomic E-state index is 13.9. The van der Waals surface area contributed by atoms with E-state index in [-0.39, 0.29) is 5.91 Å². The number of aryl methyl sites for hydroxylation is 2. The predicted molar refractivity (Wildman–Crippen MR) is 151 cm³/mol. The minimum absolute atomic E-state index is 0.187. The van der Waals surface area contributed by atoms with Crippen molar-refractivity contribution in [1.82, 2.24) is 8.97 Å². The van der Waals surface area contributed by atoms with E-state index in [0.29, 0.717) is 21.4 Å². The highest BCUT2D eigenvalue weighted by molar-refractivity contribution is 9.10. The SMILES string of the molecule is O=C(Nc1ccc(Cl)c(Cl)c1)c1c(-c2ccccc2)c2c3n(c(-c4ccc(Br)cc4)cn13)CCCC2. The third-order valence-corrected chi connectivity index (χ3v) is 8.00. The Bertz CT molecular complexity index is 1600. The maximum atomic E-state index is 13.9. The highest BCUT2D eigenvalue weighted by Crippen LogP contribution is 2.40. The minimum Gasteiger partial charge on any atom is -0.325 e. The van der Waals surface area contributed by atoms with Crippen LogP contribution in [0.15, 0.2) is 83.5 Å². The number of carbonyl (C=O) groups excluding carboxylic acids is 1. The van der Waals surface area contributed by atoms with Crippen molar-refractivity contribution in [3.05, 3.63) is 105 Å². The van der Waals surface area contributed by atoms with Crippen LogP contribution >= 0.6 is 39.1 Å². The summed E-state index contributed by atoms with van der Waals surface area (Å²) in [6.07, 6.45) is 5.16. The van der Waals surface area contributed by atoms with E-state index >= 15 is 0 Å². The molecule has 36 heavy (non-hydrogen) atoms. The molecule has 4 nitrogen and oxygen atoms in total. The Balaban J connectivity index is 1.59. The molecule has 0 fully saturated rings. The Morgan fingerprint density at radius 2 is 1.67 bits per heavy atom. The summed E-state index contributed by atoms with van der Waals surface area (Å²) in [6, 6.07) is 23.6. The van der Waals surface area contributed by atoms with Gasteiger partial charge in [0.2, 0.25) is 0 Å². The van der Waals surface area contributed by atoms with E-state index < -0.39 is 0 Å². The fraction of sp³-hybridized carbons (Fsp3) is 0.138. The molecule has 0 unspecified atom stereocenters. The number of benzene rings is 3. The van der Waals surface area contributed by atoms with E-state index in [9.17, 15) is 4.79 Å². The average Bonchev–Trinajstić information content (AvgIpc) is 3.30. The van der Waals surface area contributed by atoms with Crippen molar-refractivity contribution in [3.63, 3.8) is 0 Å². The third-order valence-electron chi connectivity index (χ3n) is 6.73. The van der Waals surface area contributed by atoms with Crippen LogP contribution in [-0.2, 0) is 13.0 Å². The van der Waals surface area contributed by atoms with Crippen LogP contribution < -0.4 is 5.32 Å². The van der Waals surface area contributed by atoms with Gasteiger partial charge in [0, 0.05) is 34.0 Å². The zero-order valence-electron chi connectivity index (χ0n) is 19.3. The van der Waals surface area contributed by atoms with Gasteiger partial charge in [0.15, 0.2) is 0 Å². The Morgan fingerprint density at radius 1 is 0.889 bits per heavy atom. The van der Waals surface area contributed by atoms with Crippen LogP contribution in [0.1, 0.15) is 28.9 Å². The van der Waals surface area contributed by atoms with E-state index in [0.717, 1.165) is 58.3 Å². The molecule has 2 aromatic heterocycles. The standard InChI is InChI=1S/C29H22BrCl2N3O/c30-20-11-9-18(10-12-20)25-17-35-27(28(36)33-21-13-14-23(31)24(32)16-21)26(19-6-2-1-3-7-19)22-8-4-5-15-34(25)29(22)35/h1-3,6-7,9-14,16-17H,4-5,8,15H2,(H,33,36). The number of nitrogens with one attached hydrogen (secondary N) is 1. The van der Waals surface area contributed by atoms with Gasteiger partial charge in [-0.05, 0) is 60.7 Å². The molecule has 0 radical (unpaired) electrons. The van der Waals surface area contributed by atoms with Crippen LogP contribution in [0, 0.1) is 0 Å². The van der Waals surface area contributed by atoms with Crippen molar-refractivity contribution in [3.8, 4) is 22.4 Å². The fourth-order valence-corrected chi connectivity index (χ4v) is 5.70. The normalized spacial score (nSPS) is 13.1. The molecule has 1 N–H and O–H groups in total. The second kappa shape index (κ2) is 9.47. The lowest BCUT2D eigenvalue weighted by Gasteiger charge is -2.11. The molecular weight excluding hydrogens is 557 g/mol. The van der Waals surface area contributed by atoms with Gasteiger partial charge in [-0.15, -0.1) is 0 Å². The summed E-state index contributed by atoms with van der Waals surface area (Å²) in [4.78, 5) is 13.9. The van der Waals surface area contributed by atoms with Crippen molar-refractivity contribution < 1.29 is 4.79 Å². The van der Waals surface area contributed by atoms with E-state index in [2.05, 4.69) is 72.8 Å². The summed E-state index contributed by atoms with van der Waals surface area (Å²) in [5.74, 6) is -0.187. The molecule has 0 bridgehead atoms. The van der Waals surface area contributed by atoms with Crippen molar-refractivity contribution in [2.75, 3.05) is 5.32 Å². The molecule has 7 heteroatoms. The molecule has 1 aliphatic heterocycles. The summed E-state index contributed by atoms with van der Waals surface area (Å²) in [5.41, 5.74) is 7.76. The van der Waals surface area contributed by atoms with Gasteiger partial charge in [0.05, 0.1) is 15.7 Å². The van der Waals surface area contributed by atoms with E-state index in [1.807, 2.05) is 18.2 Å². The number of aromatic nitrogens is 2. The summed E-state index contributed by atoms with van der Waals surface area (Å²) < 4.78 is 5.48. The van der Waals surface area contributed by atoms with Crippen LogP contribution in [0.3, 0.4) is 0 Å². The van der Waals surface area contributed by atoms with E-state index in [4.69, 9.17) is 23.2 Å². The number of amides is 1.